The summed E-state index contributed by atoms with van der Waals surface area (Å²) in [5.74, 6) is 0. The maximum absolute atomic E-state index is 6.03. The average molecular weight is 279 g/mol. The number of nitrogens with two attached hydrogens (primary N) is 1. The lowest BCUT2D eigenvalue weighted by Gasteiger charge is -2.27. The van der Waals surface area contributed by atoms with E-state index >= 15 is 0 Å². The Kier molecular flexibility index (Phi) is 5.86. The Labute approximate surface area is 122 Å². The zero-order valence-electron chi connectivity index (χ0n) is 12.9. The van der Waals surface area contributed by atoms with Crippen LogP contribution in [-0.2, 0) is 6.54 Å². The monoisotopic (exact) mass is 279 g/mol. The topological polar surface area (TPSA) is 59.1 Å². The molecule has 1 aromatic rings. The summed E-state index contributed by atoms with van der Waals surface area (Å²) in [5, 5.41) is 8.01. The first-order chi connectivity index (χ1) is 9.71. The number of nitrogens with zero attached hydrogens (tertiary/aromatic N) is 3. The minimum absolute atomic E-state index is 0.360. The quantitative estimate of drug-likeness (QED) is 0.800. The van der Waals surface area contributed by atoms with Crippen molar-refractivity contribution in [3.8, 4) is 0 Å². The van der Waals surface area contributed by atoms with E-state index in [4.69, 9.17) is 5.73 Å². The fraction of sp³-hybridized carbons (Fsp3) is 0.800. The largest absolute Gasteiger partial charge is 0.380 e. The average Bonchev–Trinajstić information content (AvgIpc) is 2.87. The summed E-state index contributed by atoms with van der Waals surface area (Å²) in [4.78, 5) is 2.41. The molecule has 1 fully saturated rings. The predicted molar refractivity (Wildman–Crippen MR) is 83.9 cm³/mol. The van der Waals surface area contributed by atoms with Crippen molar-refractivity contribution in [2.45, 2.75) is 58.2 Å². The van der Waals surface area contributed by atoms with Crippen LogP contribution in [0.4, 0.5) is 5.69 Å². The summed E-state index contributed by atoms with van der Waals surface area (Å²) >= 11 is 0. The number of anilines is 1. The van der Waals surface area contributed by atoms with Crippen LogP contribution in [0.3, 0.4) is 0 Å². The van der Waals surface area contributed by atoms with Gasteiger partial charge in [-0.15, -0.1) is 0 Å². The van der Waals surface area contributed by atoms with Crippen molar-refractivity contribution in [1.82, 2.24) is 14.7 Å². The van der Waals surface area contributed by atoms with Gasteiger partial charge in [0.05, 0.1) is 18.4 Å². The van der Waals surface area contributed by atoms with Crippen LogP contribution >= 0.6 is 0 Å². The minimum atomic E-state index is 0.360. The van der Waals surface area contributed by atoms with Crippen LogP contribution in [0, 0.1) is 0 Å². The molecule has 0 aromatic carbocycles. The standard InChI is InChI=1S/C15H29N5/c1-3-19(4-2)8-9-20-12-15(11-17-20)18-14-7-5-6-13(16)10-14/h11-14,18H,3-10,16H2,1-2H3. The van der Waals surface area contributed by atoms with Gasteiger partial charge in [-0.3, -0.25) is 4.68 Å². The van der Waals surface area contributed by atoms with E-state index in [-0.39, 0.29) is 0 Å². The Balaban J connectivity index is 1.79. The molecule has 0 bridgehead atoms. The first-order valence-electron chi connectivity index (χ1n) is 7.98. The van der Waals surface area contributed by atoms with Crippen LogP contribution < -0.4 is 11.1 Å². The number of nitrogens with one attached hydrogen (secondary N) is 1. The highest BCUT2D eigenvalue weighted by molar-refractivity contribution is 5.39. The van der Waals surface area contributed by atoms with Crippen LogP contribution in [0.2, 0.25) is 0 Å². The molecule has 1 aliphatic carbocycles. The van der Waals surface area contributed by atoms with Crippen molar-refractivity contribution >= 4 is 5.69 Å². The molecule has 2 unspecified atom stereocenters. The summed E-state index contributed by atoms with van der Waals surface area (Å²) in [6, 6.07) is 0.873. The fourth-order valence-corrected chi connectivity index (χ4v) is 2.94. The van der Waals surface area contributed by atoms with Crippen molar-refractivity contribution in [2.75, 3.05) is 25.0 Å². The van der Waals surface area contributed by atoms with Crippen molar-refractivity contribution in [2.24, 2.45) is 5.73 Å². The zero-order chi connectivity index (χ0) is 14.4. The number of likely N-dealkylation sites (N-methyl/N-ethyl adjacent to an activating group) is 1. The summed E-state index contributed by atoms with van der Waals surface area (Å²) in [6.07, 6.45) is 8.74. The molecule has 0 radical (unpaired) electrons. The molecule has 0 aliphatic heterocycles. The van der Waals surface area contributed by atoms with E-state index in [1.807, 2.05) is 10.9 Å². The highest BCUT2D eigenvalue weighted by Gasteiger charge is 2.19. The van der Waals surface area contributed by atoms with Crippen LogP contribution in [0.15, 0.2) is 12.4 Å². The van der Waals surface area contributed by atoms with Gasteiger partial charge in [0.2, 0.25) is 0 Å². The first-order valence-corrected chi connectivity index (χ1v) is 7.98. The first kappa shape index (κ1) is 15.3. The van der Waals surface area contributed by atoms with Crippen LogP contribution in [0.1, 0.15) is 39.5 Å². The van der Waals surface area contributed by atoms with Gasteiger partial charge in [-0.05, 0) is 38.8 Å². The summed E-state index contributed by atoms with van der Waals surface area (Å²) in [5.41, 5.74) is 7.16. The van der Waals surface area contributed by atoms with E-state index in [1.54, 1.807) is 0 Å². The third-order valence-corrected chi connectivity index (χ3v) is 4.26. The highest BCUT2D eigenvalue weighted by atomic mass is 15.3. The van der Waals surface area contributed by atoms with Crippen LogP contribution in [-0.4, -0.2) is 46.4 Å². The number of rotatable bonds is 7. The Morgan fingerprint density at radius 1 is 1.40 bits per heavy atom. The van der Waals surface area contributed by atoms with Crippen molar-refractivity contribution in [1.29, 1.82) is 0 Å². The summed E-state index contributed by atoms with van der Waals surface area (Å²) < 4.78 is 2.03. The lowest BCUT2D eigenvalue weighted by Crippen LogP contribution is -2.34. The zero-order valence-corrected chi connectivity index (χ0v) is 12.9. The van der Waals surface area contributed by atoms with Crippen LogP contribution in [0.25, 0.3) is 0 Å². The second-order valence-electron chi connectivity index (χ2n) is 5.79. The molecule has 1 aliphatic rings. The molecule has 114 valence electrons. The molecule has 1 saturated carbocycles. The predicted octanol–water partition coefficient (Wildman–Crippen LogP) is 1.91. The molecule has 3 N–H and O–H groups in total. The minimum Gasteiger partial charge on any atom is -0.380 e. The molecule has 0 amide bonds. The normalized spacial score (nSPS) is 23.2. The molecule has 20 heavy (non-hydrogen) atoms. The van der Waals surface area contributed by atoms with Gasteiger partial charge in [0, 0.05) is 24.8 Å². The van der Waals surface area contributed by atoms with Gasteiger partial charge in [0.1, 0.15) is 0 Å². The third-order valence-electron chi connectivity index (χ3n) is 4.26. The second kappa shape index (κ2) is 7.64. The lowest BCUT2D eigenvalue weighted by molar-refractivity contribution is 0.285. The van der Waals surface area contributed by atoms with E-state index in [0.29, 0.717) is 12.1 Å². The number of aromatic nitrogens is 2. The molecule has 0 spiro atoms. The molecular formula is C15H29N5. The highest BCUT2D eigenvalue weighted by Crippen LogP contribution is 2.20. The smallest absolute Gasteiger partial charge is 0.0728 e. The molecular weight excluding hydrogens is 250 g/mol. The van der Waals surface area contributed by atoms with Crippen molar-refractivity contribution in [3.63, 3.8) is 0 Å². The second-order valence-corrected chi connectivity index (χ2v) is 5.79. The lowest BCUT2D eigenvalue weighted by atomic mass is 9.91. The van der Waals surface area contributed by atoms with Gasteiger partial charge in [-0.1, -0.05) is 13.8 Å². The molecule has 0 saturated heterocycles. The number of hydrogen-bond donors (Lipinski definition) is 2. The molecule has 2 rings (SSSR count). The summed E-state index contributed by atoms with van der Waals surface area (Å²) in [6.45, 7) is 8.61. The van der Waals surface area contributed by atoms with E-state index in [1.165, 1.54) is 19.3 Å². The van der Waals surface area contributed by atoms with Gasteiger partial charge < -0.3 is 16.0 Å². The summed E-state index contributed by atoms with van der Waals surface area (Å²) in [7, 11) is 0. The molecule has 2 atom stereocenters. The Morgan fingerprint density at radius 3 is 2.90 bits per heavy atom. The van der Waals surface area contributed by atoms with Crippen molar-refractivity contribution in [3.05, 3.63) is 12.4 Å². The van der Waals surface area contributed by atoms with Gasteiger partial charge >= 0.3 is 0 Å². The molecule has 5 heteroatoms. The molecule has 1 aromatic heterocycles. The van der Waals surface area contributed by atoms with Gasteiger partial charge in [0.15, 0.2) is 0 Å². The SMILES string of the molecule is CCN(CC)CCn1cc(NC2CCCC(N)C2)cn1. The maximum Gasteiger partial charge on any atom is 0.0728 e. The molecule has 1 heterocycles. The fourth-order valence-electron chi connectivity index (χ4n) is 2.94. The number of hydrogen-bond acceptors (Lipinski definition) is 4. The van der Waals surface area contributed by atoms with Gasteiger partial charge in [-0.25, -0.2) is 0 Å². The van der Waals surface area contributed by atoms with E-state index < -0.39 is 0 Å². The van der Waals surface area contributed by atoms with Gasteiger partial charge in [-0.2, -0.15) is 5.10 Å². The van der Waals surface area contributed by atoms with E-state index in [2.05, 4.69) is 35.4 Å². The van der Waals surface area contributed by atoms with Crippen LogP contribution in [0.5, 0.6) is 0 Å². The Morgan fingerprint density at radius 2 is 2.20 bits per heavy atom. The Bertz CT molecular complexity index is 385. The van der Waals surface area contributed by atoms with E-state index in [0.717, 1.165) is 38.3 Å². The van der Waals surface area contributed by atoms with E-state index in [9.17, 15) is 0 Å². The molecule has 5 nitrogen and oxygen atoms in total. The Hall–Kier alpha value is -1.07. The maximum atomic E-state index is 6.03. The third kappa shape index (κ3) is 4.49. The van der Waals surface area contributed by atoms with Crippen molar-refractivity contribution < 1.29 is 0 Å². The van der Waals surface area contributed by atoms with Gasteiger partial charge in [0.25, 0.3) is 0 Å².